The fourth-order valence-electron chi connectivity index (χ4n) is 1.66. The van der Waals surface area contributed by atoms with Crippen molar-refractivity contribution < 1.29 is 9.13 Å². The van der Waals surface area contributed by atoms with Crippen LogP contribution in [-0.2, 0) is 6.54 Å². The lowest BCUT2D eigenvalue weighted by atomic mass is 10.2. The van der Waals surface area contributed by atoms with Crippen LogP contribution in [0.25, 0.3) is 0 Å². The lowest BCUT2D eigenvalue weighted by Crippen LogP contribution is -2.06. The van der Waals surface area contributed by atoms with Crippen molar-refractivity contribution in [3.8, 4) is 11.6 Å². The fourth-order valence-corrected chi connectivity index (χ4v) is 1.66. The molecule has 0 fully saturated rings. The number of benzene rings is 1. The van der Waals surface area contributed by atoms with Crippen LogP contribution in [-0.4, -0.2) is 12.0 Å². The molecular weight excluding hydrogens is 231 g/mol. The summed E-state index contributed by atoms with van der Waals surface area (Å²) in [4.78, 5) is 4.20. The fraction of sp³-hybridized carbons (Fsp3) is 0.214. The topological polar surface area (TPSA) is 34.2 Å². The summed E-state index contributed by atoms with van der Waals surface area (Å²) in [5, 5.41) is 3.05. The second-order valence-corrected chi connectivity index (χ2v) is 4.03. The number of para-hydroxylation sites is 1. The largest absolute Gasteiger partial charge is 0.436 e. The minimum Gasteiger partial charge on any atom is -0.436 e. The van der Waals surface area contributed by atoms with Gasteiger partial charge in [-0.2, -0.15) is 0 Å². The number of ether oxygens (including phenoxy) is 1. The van der Waals surface area contributed by atoms with E-state index in [0.29, 0.717) is 5.88 Å². The summed E-state index contributed by atoms with van der Waals surface area (Å²) < 4.78 is 18.9. The molecule has 0 saturated heterocycles. The summed E-state index contributed by atoms with van der Waals surface area (Å²) in [6, 6.07) is 8.26. The van der Waals surface area contributed by atoms with Crippen LogP contribution in [0.15, 0.2) is 36.5 Å². The molecule has 18 heavy (non-hydrogen) atoms. The van der Waals surface area contributed by atoms with Crippen molar-refractivity contribution in [1.29, 1.82) is 0 Å². The Bertz CT molecular complexity index is 543. The molecule has 4 heteroatoms. The summed E-state index contributed by atoms with van der Waals surface area (Å²) in [6.45, 7) is 2.64. The summed E-state index contributed by atoms with van der Waals surface area (Å²) >= 11 is 0. The predicted molar refractivity (Wildman–Crippen MR) is 68.2 cm³/mol. The highest BCUT2D eigenvalue weighted by molar-refractivity contribution is 5.34. The van der Waals surface area contributed by atoms with Crippen LogP contribution >= 0.6 is 0 Å². The number of rotatable bonds is 4. The Kier molecular flexibility index (Phi) is 3.89. The van der Waals surface area contributed by atoms with Gasteiger partial charge in [-0.1, -0.05) is 12.1 Å². The zero-order chi connectivity index (χ0) is 13.0. The van der Waals surface area contributed by atoms with Gasteiger partial charge in [0, 0.05) is 18.3 Å². The van der Waals surface area contributed by atoms with E-state index in [1.807, 2.05) is 20.0 Å². The predicted octanol–water partition coefficient (Wildman–Crippen LogP) is 3.04. The van der Waals surface area contributed by atoms with Gasteiger partial charge in [-0.15, -0.1) is 0 Å². The van der Waals surface area contributed by atoms with Crippen molar-refractivity contribution in [2.75, 3.05) is 7.05 Å². The van der Waals surface area contributed by atoms with Crippen molar-refractivity contribution in [3.63, 3.8) is 0 Å². The van der Waals surface area contributed by atoms with Crippen molar-refractivity contribution in [2.45, 2.75) is 13.5 Å². The van der Waals surface area contributed by atoms with Crippen LogP contribution in [0, 0.1) is 12.7 Å². The molecule has 2 aromatic rings. The first-order chi connectivity index (χ1) is 8.70. The molecule has 2 rings (SSSR count). The third-order valence-corrected chi connectivity index (χ3v) is 2.51. The third kappa shape index (κ3) is 2.84. The van der Waals surface area contributed by atoms with E-state index in [2.05, 4.69) is 10.3 Å². The number of halogens is 1. The molecule has 0 aliphatic rings. The van der Waals surface area contributed by atoms with Crippen molar-refractivity contribution in [1.82, 2.24) is 10.3 Å². The second kappa shape index (κ2) is 5.60. The lowest BCUT2D eigenvalue weighted by Gasteiger charge is -2.09. The van der Waals surface area contributed by atoms with Gasteiger partial charge < -0.3 is 10.1 Å². The number of nitrogens with one attached hydrogen (secondary N) is 1. The van der Waals surface area contributed by atoms with E-state index in [0.717, 1.165) is 17.7 Å². The van der Waals surface area contributed by atoms with Gasteiger partial charge in [0.15, 0.2) is 11.6 Å². The highest BCUT2D eigenvalue weighted by Crippen LogP contribution is 2.25. The molecule has 1 aromatic heterocycles. The molecule has 1 heterocycles. The van der Waals surface area contributed by atoms with Gasteiger partial charge in [0.1, 0.15) is 0 Å². The molecule has 0 spiro atoms. The number of hydrogen-bond donors (Lipinski definition) is 1. The van der Waals surface area contributed by atoms with Crippen molar-refractivity contribution in [2.24, 2.45) is 0 Å². The Labute approximate surface area is 106 Å². The van der Waals surface area contributed by atoms with Gasteiger partial charge in [-0.3, -0.25) is 0 Å². The number of nitrogens with zero attached hydrogens (tertiary/aromatic N) is 1. The van der Waals surface area contributed by atoms with Gasteiger partial charge in [-0.05, 0) is 37.7 Å². The van der Waals surface area contributed by atoms with Crippen molar-refractivity contribution >= 4 is 0 Å². The molecule has 1 N–H and O–H groups in total. The highest BCUT2D eigenvalue weighted by atomic mass is 19.1. The highest BCUT2D eigenvalue weighted by Gasteiger charge is 2.07. The van der Waals surface area contributed by atoms with E-state index >= 15 is 0 Å². The Morgan fingerprint density at radius 1 is 1.33 bits per heavy atom. The van der Waals surface area contributed by atoms with E-state index in [4.69, 9.17) is 4.74 Å². The molecule has 94 valence electrons. The minimum atomic E-state index is -0.391. The summed E-state index contributed by atoms with van der Waals surface area (Å²) in [5.41, 5.74) is 1.95. The summed E-state index contributed by atoms with van der Waals surface area (Å²) in [5.74, 6) is 0.229. The molecule has 0 atom stereocenters. The quantitative estimate of drug-likeness (QED) is 0.900. The Morgan fingerprint density at radius 2 is 2.11 bits per heavy atom. The SMILES string of the molecule is CNCc1cnc(Oc2ccccc2F)c(C)c1. The first kappa shape index (κ1) is 12.5. The molecule has 0 bridgehead atoms. The van der Waals surface area contributed by atoms with Crippen LogP contribution in [0.2, 0.25) is 0 Å². The van der Waals surface area contributed by atoms with Gasteiger partial charge in [0.25, 0.3) is 0 Å². The Morgan fingerprint density at radius 3 is 2.78 bits per heavy atom. The smallest absolute Gasteiger partial charge is 0.222 e. The van der Waals surface area contributed by atoms with Crippen LogP contribution in [0.1, 0.15) is 11.1 Å². The zero-order valence-electron chi connectivity index (χ0n) is 10.4. The average Bonchev–Trinajstić information content (AvgIpc) is 2.35. The average molecular weight is 246 g/mol. The Hall–Kier alpha value is -1.94. The lowest BCUT2D eigenvalue weighted by molar-refractivity contribution is 0.424. The monoisotopic (exact) mass is 246 g/mol. The van der Waals surface area contributed by atoms with Crippen LogP contribution < -0.4 is 10.1 Å². The van der Waals surface area contributed by atoms with E-state index in [1.54, 1.807) is 24.4 Å². The first-order valence-electron chi connectivity index (χ1n) is 5.73. The third-order valence-electron chi connectivity index (χ3n) is 2.51. The molecule has 0 radical (unpaired) electrons. The maximum absolute atomic E-state index is 13.4. The number of pyridine rings is 1. The molecule has 0 amide bonds. The van der Waals surface area contributed by atoms with Crippen LogP contribution in [0.3, 0.4) is 0 Å². The zero-order valence-corrected chi connectivity index (χ0v) is 10.4. The van der Waals surface area contributed by atoms with Crippen molar-refractivity contribution in [3.05, 3.63) is 53.5 Å². The minimum absolute atomic E-state index is 0.189. The van der Waals surface area contributed by atoms with Crippen LogP contribution in [0.5, 0.6) is 11.6 Å². The summed E-state index contributed by atoms with van der Waals surface area (Å²) in [6.07, 6.45) is 1.72. The normalized spacial score (nSPS) is 10.4. The maximum atomic E-state index is 13.4. The molecule has 0 saturated carbocycles. The molecule has 0 unspecified atom stereocenters. The second-order valence-electron chi connectivity index (χ2n) is 4.03. The van der Waals surface area contributed by atoms with Gasteiger partial charge in [0.2, 0.25) is 5.88 Å². The van der Waals surface area contributed by atoms with Crippen LogP contribution in [0.4, 0.5) is 4.39 Å². The van der Waals surface area contributed by atoms with E-state index in [1.165, 1.54) is 6.07 Å². The molecular formula is C14H15FN2O. The number of hydrogen-bond acceptors (Lipinski definition) is 3. The summed E-state index contributed by atoms with van der Waals surface area (Å²) in [7, 11) is 1.87. The van der Waals surface area contributed by atoms with E-state index < -0.39 is 5.82 Å². The molecule has 3 nitrogen and oxygen atoms in total. The van der Waals surface area contributed by atoms with Gasteiger partial charge in [0.05, 0.1) is 0 Å². The van der Waals surface area contributed by atoms with Gasteiger partial charge >= 0.3 is 0 Å². The standard InChI is InChI=1S/C14H15FN2O/c1-10-7-11(8-16-2)9-17-14(10)18-13-6-4-3-5-12(13)15/h3-7,9,16H,8H2,1-2H3. The molecule has 1 aromatic carbocycles. The Balaban J connectivity index is 2.22. The van der Waals surface area contributed by atoms with E-state index in [-0.39, 0.29) is 5.75 Å². The first-order valence-corrected chi connectivity index (χ1v) is 5.73. The maximum Gasteiger partial charge on any atom is 0.222 e. The van der Waals surface area contributed by atoms with Gasteiger partial charge in [-0.25, -0.2) is 9.37 Å². The molecule has 0 aliphatic heterocycles. The van der Waals surface area contributed by atoms with E-state index in [9.17, 15) is 4.39 Å². The number of aryl methyl sites for hydroxylation is 1. The number of aromatic nitrogens is 1. The molecule has 0 aliphatic carbocycles.